The Morgan fingerprint density at radius 1 is 1.05 bits per heavy atom. The number of rotatable bonds is 7. The van der Waals surface area contributed by atoms with E-state index < -0.39 is 12.0 Å². The summed E-state index contributed by atoms with van der Waals surface area (Å²) < 4.78 is 15.0. The summed E-state index contributed by atoms with van der Waals surface area (Å²) in [6, 6.07) is 22.6. The fourth-order valence-corrected chi connectivity index (χ4v) is 6.92. The molecule has 0 radical (unpaired) electrons. The Bertz CT molecular complexity index is 1720. The number of fused-ring (bicyclic) bond motifs is 1. The molecule has 39 heavy (non-hydrogen) atoms. The van der Waals surface area contributed by atoms with Crippen molar-refractivity contribution in [1.29, 1.82) is 0 Å². The summed E-state index contributed by atoms with van der Waals surface area (Å²) in [7, 11) is 0. The molecule has 9 heteroatoms. The van der Waals surface area contributed by atoms with E-state index in [0.29, 0.717) is 33.0 Å². The predicted octanol–water partition coefficient (Wildman–Crippen LogP) is 5.90. The first kappa shape index (κ1) is 27.3. The van der Waals surface area contributed by atoms with Gasteiger partial charge in [-0.1, -0.05) is 72.0 Å². The molecule has 2 heterocycles. The van der Waals surface area contributed by atoms with Gasteiger partial charge in [0.05, 0.1) is 37.4 Å². The van der Waals surface area contributed by atoms with Crippen LogP contribution >= 0.6 is 43.2 Å². The van der Waals surface area contributed by atoms with Crippen molar-refractivity contribution < 1.29 is 14.3 Å². The highest BCUT2D eigenvalue weighted by Gasteiger charge is 2.33. The summed E-state index contributed by atoms with van der Waals surface area (Å²) in [6.07, 6.45) is 1.83. The number of carbonyl (C=O) groups is 1. The summed E-state index contributed by atoms with van der Waals surface area (Å²) in [5.41, 5.74) is 3.37. The Balaban J connectivity index is 1.56. The van der Waals surface area contributed by atoms with Gasteiger partial charge in [0.2, 0.25) is 0 Å². The van der Waals surface area contributed by atoms with Crippen molar-refractivity contribution in [3.05, 3.63) is 129 Å². The molecule has 0 fully saturated rings. The number of allylic oxidation sites excluding steroid dienone is 1. The molecule has 0 N–H and O–H groups in total. The van der Waals surface area contributed by atoms with E-state index in [1.54, 1.807) is 18.4 Å². The monoisotopic (exact) mass is 666 g/mol. The van der Waals surface area contributed by atoms with Crippen LogP contribution < -0.4 is 19.6 Å². The van der Waals surface area contributed by atoms with Gasteiger partial charge in [-0.3, -0.25) is 9.36 Å². The van der Waals surface area contributed by atoms with Crippen LogP contribution in [0.25, 0.3) is 6.08 Å². The van der Waals surface area contributed by atoms with Crippen LogP contribution in [0.3, 0.4) is 0 Å². The molecular weight excluding hydrogens is 644 g/mol. The van der Waals surface area contributed by atoms with Crippen molar-refractivity contribution in [3.63, 3.8) is 0 Å². The Morgan fingerprint density at radius 2 is 1.69 bits per heavy atom. The van der Waals surface area contributed by atoms with E-state index in [-0.39, 0.29) is 12.2 Å². The molecule has 6 nitrogen and oxygen atoms in total. The molecule has 198 valence electrons. The van der Waals surface area contributed by atoms with Gasteiger partial charge in [-0.15, -0.1) is 0 Å². The number of nitrogens with zero attached hydrogens (tertiary/aromatic N) is 2. The molecule has 3 aromatic carbocycles. The number of ether oxygens (including phenoxy) is 2. The van der Waals surface area contributed by atoms with Gasteiger partial charge in [0.25, 0.3) is 5.56 Å². The highest BCUT2D eigenvalue weighted by atomic mass is 79.9. The number of esters is 1. The minimum absolute atomic E-state index is 0.224. The third kappa shape index (κ3) is 5.71. The summed E-state index contributed by atoms with van der Waals surface area (Å²) in [5.74, 6) is 0.206. The molecule has 1 atom stereocenters. The predicted molar refractivity (Wildman–Crippen MR) is 159 cm³/mol. The number of halogens is 2. The van der Waals surface area contributed by atoms with Crippen molar-refractivity contribution in [1.82, 2.24) is 4.57 Å². The fourth-order valence-electron chi connectivity index (χ4n) is 4.42. The molecule has 5 rings (SSSR count). The molecular formula is C30H24Br2N2O4S. The molecule has 1 aromatic heterocycles. The minimum Gasteiger partial charge on any atom is -0.487 e. The highest BCUT2D eigenvalue weighted by Crippen LogP contribution is 2.36. The lowest BCUT2D eigenvalue weighted by molar-refractivity contribution is -0.139. The molecule has 1 aliphatic heterocycles. The lowest BCUT2D eigenvalue weighted by atomic mass is 9.96. The van der Waals surface area contributed by atoms with Crippen molar-refractivity contribution >= 4 is 55.2 Å². The van der Waals surface area contributed by atoms with Crippen LogP contribution in [-0.4, -0.2) is 17.1 Å². The molecule has 0 saturated carbocycles. The average Bonchev–Trinajstić information content (AvgIpc) is 3.22. The van der Waals surface area contributed by atoms with E-state index in [1.165, 1.54) is 11.3 Å². The van der Waals surface area contributed by atoms with Crippen LogP contribution in [0.1, 0.15) is 36.6 Å². The zero-order valence-electron chi connectivity index (χ0n) is 21.2. The molecule has 4 aromatic rings. The van der Waals surface area contributed by atoms with Gasteiger partial charge in [0.15, 0.2) is 4.80 Å². The second-order valence-corrected chi connectivity index (χ2v) is 11.5. The van der Waals surface area contributed by atoms with Crippen LogP contribution in [0, 0.1) is 0 Å². The molecule has 0 amide bonds. The summed E-state index contributed by atoms with van der Waals surface area (Å²) >= 11 is 8.52. The number of benzene rings is 3. The normalized spacial score (nSPS) is 15.1. The van der Waals surface area contributed by atoms with E-state index in [2.05, 4.69) is 36.9 Å². The van der Waals surface area contributed by atoms with Crippen molar-refractivity contribution in [3.8, 4) is 5.75 Å². The van der Waals surface area contributed by atoms with Gasteiger partial charge in [-0.05, 0) is 80.6 Å². The average molecular weight is 668 g/mol. The number of thiazole rings is 1. The maximum atomic E-state index is 13.8. The Labute approximate surface area is 246 Å². The Morgan fingerprint density at radius 3 is 2.33 bits per heavy atom. The second kappa shape index (κ2) is 11.9. The molecule has 0 spiro atoms. The van der Waals surface area contributed by atoms with E-state index in [4.69, 9.17) is 9.47 Å². The van der Waals surface area contributed by atoms with E-state index in [0.717, 1.165) is 25.6 Å². The lowest BCUT2D eigenvalue weighted by Gasteiger charge is -2.24. The number of carbonyl (C=O) groups excluding carboxylic acids is 1. The molecule has 0 aliphatic carbocycles. The summed E-state index contributed by atoms with van der Waals surface area (Å²) in [6.45, 7) is 4.20. The first-order valence-electron chi connectivity index (χ1n) is 12.3. The number of aromatic nitrogens is 1. The quantitative estimate of drug-likeness (QED) is 0.230. The summed E-state index contributed by atoms with van der Waals surface area (Å²) in [5, 5.41) is 0. The third-order valence-corrected chi connectivity index (χ3v) is 8.34. The summed E-state index contributed by atoms with van der Waals surface area (Å²) in [4.78, 5) is 31.9. The van der Waals surface area contributed by atoms with E-state index in [9.17, 15) is 9.59 Å². The molecule has 0 saturated heterocycles. The third-order valence-electron chi connectivity index (χ3n) is 6.18. The van der Waals surface area contributed by atoms with Gasteiger partial charge >= 0.3 is 5.97 Å². The lowest BCUT2D eigenvalue weighted by Crippen LogP contribution is -2.39. The standard InChI is InChI=1S/C30H24Br2N2O4S/c1-3-37-29(36)25-18(2)33-30-34(26(25)21-12-8-5-9-13-21)28(35)24(39-30)16-20-14-22(31)27(23(32)15-20)38-17-19-10-6-4-7-11-19/h4-16,26H,3,17H2,1-2H3/b24-16+/t26-/m1/s1. The van der Waals surface area contributed by atoms with Crippen LogP contribution in [0.4, 0.5) is 0 Å². The van der Waals surface area contributed by atoms with Crippen molar-refractivity contribution in [2.75, 3.05) is 6.61 Å². The maximum absolute atomic E-state index is 13.8. The molecule has 0 unspecified atom stereocenters. The van der Waals surface area contributed by atoms with Crippen LogP contribution in [0.15, 0.2) is 103 Å². The Kier molecular flexibility index (Phi) is 8.30. The Hall–Kier alpha value is -3.27. The molecule has 0 bridgehead atoms. The van der Waals surface area contributed by atoms with Gasteiger partial charge < -0.3 is 9.47 Å². The van der Waals surface area contributed by atoms with E-state index >= 15 is 0 Å². The number of hydrogen-bond acceptors (Lipinski definition) is 6. The number of hydrogen-bond donors (Lipinski definition) is 0. The highest BCUT2D eigenvalue weighted by molar-refractivity contribution is 9.11. The zero-order chi connectivity index (χ0) is 27.5. The largest absolute Gasteiger partial charge is 0.487 e. The van der Waals surface area contributed by atoms with Crippen LogP contribution in [0.2, 0.25) is 0 Å². The maximum Gasteiger partial charge on any atom is 0.338 e. The van der Waals surface area contributed by atoms with Gasteiger partial charge in [-0.25, -0.2) is 9.79 Å². The first-order valence-corrected chi connectivity index (χ1v) is 14.7. The van der Waals surface area contributed by atoms with Crippen LogP contribution in [0.5, 0.6) is 5.75 Å². The smallest absolute Gasteiger partial charge is 0.338 e. The SMILES string of the molecule is CCOC(=O)C1=C(C)N=c2s/c(=C/c3cc(Br)c(OCc4ccccc4)c(Br)c3)c(=O)n2[C@@H]1c1ccccc1. The minimum atomic E-state index is -0.629. The van der Waals surface area contributed by atoms with Crippen LogP contribution in [-0.2, 0) is 16.1 Å². The van der Waals surface area contributed by atoms with Gasteiger partial charge in [0, 0.05) is 0 Å². The zero-order valence-corrected chi connectivity index (χ0v) is 25.2. The fraction of sp³-hybridized carbons (Fsp3) is 0.167. The van der Waals surface area contributed by atoms with Crippen molar-refractivity contribution in [2.45, 2.75) is 26.5 Å². The van der Waals surface area contributed by atoms with Gasteiger partial charge in [0.1, 0.15) is 12.4 Å². The second-order valence-electron chi connectivity index (χ2n) is 8.80. The van der Waals surface area contributed by atoms with E-state index in [1.807, 2.05) is 78.9 Å². The van der Waals surface area contributed by atoms with Crippen molar-refractivity contribution in [2.24, 2.45) is 4.99 Å². The van der Waals surface area contributed by atoms with Gasteiger partial charge in [-0.2, -0.15) is 0 Å². The first-order chi connectivity index (χ1) is 18.9. The topological polar surface area (TPSA) is 69.9 Å². The molecule has 1 aliphatic rings.